The highest BCUT2D eigenvalue weighted by Gasteiger charge is 2.23. The Hall–Kier alpha value is -2.53. The van der Waals surface area contributed by atoms with Crippen LogP contribution in [0.2, 0.25) is 5.02 Å². The minimum absolute atomic E-state index is 0.686. The fourth-order valence-electron chi connectivity index (χ4n) is 3.62. The van der Waals surface area contributed by atoms with Crippen LogP contribution in [0.3, 0.4) is 0 Å². The molecular weight excluding hydrogens is 358 g/mol. The van der Waals surface area contributed by atoms with Gasteiger partial charge in [0.05, 0.1) is 17.2 Å². The second-order valence-corrected chi connectivity index (χ2v) is 8.03. The second-order valence-electron chi connectivity index (χ2n) is 7.65. The van der Waals surface area contributed by atoms with E-state index in [2.05, 4.69) is 76.0 Å². The van der Waals surface area contributed by atoms with E-state index in [-0.39, 0.29) is 0 Å². The molecule has 0 spiro atoms. The fourth-order valence-corrected chi connectivity index (χ4v) is 3.93. The lowest BCUT2D eigenvalue weighted by molar-refractivity contribution is 0.291. The van der Waals surface area contributed by atoms with E-state index < -0.39 is 0 Å². The van der Waals surface area contributed by atoms with Crippen molar-refractivity contribution in [3.05, 3.63) is 59.4 Å². The maximum Gasteiger partial charge on any atom is 0.132 e. The summed E-state index contributed by atoms with van der Waals surface area (Å²) in [5.41, 5.74) is 5.22. The Morgan fingerprint density at radius 1 is 1.07 bits per heavy atom. The molecule has 1 aliphatic carbocycles. The van der Waals surface area contributed by atoms with Gasteiger partial charge in [-0.2, -0.15) is 0 Å². The van der Waals surface area contributed by atoms with E-state index in [4.69, 9.17) is 11.6 Å². The molecule has 1 saturated carbocycles. The zero-order valence-electron chi connectivity index (χ0n) is 15.3. The summed E-state index contributed by atoms with van der Waals surface area (Å²) in [6.07, 6.45) is 6.81. The number of aromatic nitrogens is 3. The van der Waals surface area contributed by atoms with Crippen LogP contribution in [0.15, 0.2) is 48.8 Å². The van der Waals surface area contributed by atoms with Crippen molar-refractivity contribution in [3.8, 4) is 11.1 Å². The van der Waals surface area contributed by atoms with Gasteiger partial charge in [0.25, 0.3) is 0 Å². The third kappa shape index (κ3) is 3.28. The molecule has 6 heteroatoms. The molecule has 1 aliphatic heterocycles. The highest BCUT2D eigenvalue weighted by molar-refractivity contribution is 6.37. The molecule has 0 atom stereocenters. The van der Waals surface area contributed by atoms with Gasteiger partial charge < -0.3 is 9.80 Å². The minimum Gasteiger partial charge on any atom is -0.362 e. The standard InChI is InChI=1S/C21H22ClN5/c1-25-10-11-26(14-25)12-15-4-6-17(7-5-15)18-8-9-19-21(20(18)22)23-24-27(19)13-16-2-3-16/h4-11,16H,2-3,12-14H2,1H3. The van der Waals surface area contributed by atoms with Crippen LogP contribution < -0.4 is 0 Å². The number of nitrogens with zero attached hydrogens (tertiary/aromatic N) is 5. The van der Waals surface area contributed by atoms with Crippen LogP contribution in [-0.4, -0.2) is 38.5 Å². The summed E-state index contributed by atoms with van der Waals surface area (Å²) in [5.74, 6) is 0.756. The maximum absolute atomic E-state index is 6.70. The first-order chi connectivity index (χ1) is 13.2. The molecule has 2 aromatic carbocycles. The predicted octanol–water partition coefficient (Wildman–Crippen LogP) is 4.34. The summed E-state index contributed by atoms with van der Waals surface area (Å²) < 4.78 is 1.99. The lowest BCUT2D eigenvalue weighted by Crippen LogP contribution is -2.21. The van der Waals surface area contributed by atoms with Crippen molar-refractivity contribution < 1.29 is 0 Å². The summed E-state index contributed by atoms with van der Waals surface area (Å²) in [6, 6.07) is 12.8. The first kappa shape index (κ1) is 16.6. The molecule has 0 saturated heterocycles. The van der Waals surface area contributed by atoms with E-state index >= 15 is 0 Å². The van der Waals surface area contributed by atoms with Gasteiger partial charge in [0, 0.05) is 38.1 Å². The van der Waals surface area contributed by atoms with Crippen molar-refractivity contribution in [2.45, 2.75) is 25.9 Å². The summed E-state index contributed by atoms with van der Waals surface area (Å²) in [4.78, 5) is 4.45. The van der Waals surface area contributed by atoms with E-state index in [1.165, 1.54) is 18.4 Å². The van der Waals surface area contributed by atoms with Gasteiger partial charge in [0.2, 0.25) is 0 Å². The van der Waals surface area contributed by atoms with Crippen molar-refractivity contribution in [1.29, 1.82) is 0 Å². The van der Waals surface area contributed by atoms with Crippen LogP contribution in [0.4, 0.5) is 0 Å². The second kappa shape index (κ2) is 6.57. The lowest BCUT2D eigenvalue weighted by Gasteiger charge is -2.18. The third-order valence-corrected chi connectivity index (χ3v) is 5.72. The Bertz CT molecular complexity index is 1000. The van der Waals surface area contributed by atoms with E-state index in [1.807, 2.05) is 4.68 Å². The maximum atomic E-state index is 6.70. The molecular formula is C21H22ClN5. The number of halogens is 1. The molecule has 5 rings (SSSR count). The van der Waals surface area contributed by atoms with Gasteiger partial charge >= 0.3 is 0 Å². The van der Waals surface area contributed by atoms with Crippen molar-refractivity contribution in [2.75, 3.05) is 13.7 Å². The van der Waals surface area contributed by atoms with E-state index in [9.17, 15) is 0 Å². The quantitative estimate of drug-likeness (QED) is 0.661. The van der Waals surface area contributed by atoms with Crippen LogP contribution in [0, 0.1) is 5.92 Å². The molecule has 138 valence electrons. The molecule has 0 N–H and O–H groups in total. The first-order valence-electron chi connectivity index (χ1n) is 9.41. The smallest absolute Gasteiger partial charge is 0.132 e. The largest absolute Gasteiger partial charge is 0.362 e. The monoisotopic (exact) mass is 379 g/mol. The molecule has 5 nitrogen and oxygen atoms in total. The summed E-state index contributed by atoms with van der Waals surface area (Å²) >= 11 is 6.70. The van der Waals surface area contributed by atoms with Gasteiger partial charge in [0.15, 0.2) is 0 Å². The zero-order chi connectivity index (χ0) is 18.4. The summed E-state index contributed by atoms with van der Waals surface area (Å²) in [6.45, 7) is 2.78. The average molecular weight is 380 g/mol. The fraction of sp³-hybridized carbons (Fsp3) is 0.333. The van der Waals surface area contributed by atoms with Gasteiger partial charge in [0.1, 0.15) is 5.52 Å². The molecule has 1 aromatic heterocycles. The average Bonchev–Trinajstić information content (AvgIpc) is 3.25. The van der Waals surface area contributed by atoms with E-state index in [0.717, 1.165) is 47.8 Å². The number of fused-ring (bicyclic) bond motifs is 1. The number of hydrogen-bond donors (Lipinski definition) is 0. The van der Waals surface area contributed by atoms with Crippen LogP contribution in [0.25, 0.3) is 22.2 Å². The Balaban J connectivity index is 1.39. The Morgan fingerprint density at radius 2 is 1.89 bits per heavy atom. The SMILES string of the molecule is CN1C=CN(Cc2ccc(-c3ccc4c(nnn4CC4CC4)c3Cl)cc2)C1. The lowest BCUT2D eigenvalue weighted by atomic mass is 10.0. The number of benzene rings is 2. The molecule has 27 heavy (non-hydrogen) atoms. The van der Waals surface area contributed by atoms with Crippen molar-refractivity contribution in [3.63, 3.8) is 0 Å². The van der Waals surface area contributed by atoms with Crippen LogP contribution in [0.5, 0.6) is 0 Å². The molecule has 0 unspecified atom stereocenters. The molecule has 1 fully saturated rings. The van der Waals surface area contributed by atoms with E-state index in [1.54, 1.807) is 0 Å². The molecule has 0 amide bonds. The van der Waals surface area contributed by atoms with Gasteiger partial charge in [-0.05, 0) is 36.0 Å². The van der Waals surface area contributed by atoms with Crippen molar-refractivity contribution in [2.24, 2.45) is 5.92 Å². The van der Waals surface area contributed by atoms with Crippen molar-refractivity contribution in [1.82, 2.24) is 24.8 Å². The molecule has 0 bridgehead atoms. The van der Waals surface area contributed by atoms with Gasteiger partial charge in [-0.3, -0.25) is 0 Å². The normalized spacial score (nSPS) is 16.7. The van der Waals surface area contributed by atoms with Gasteiger partial charge in [-0.15, -0.1) is 5.10 Å². The van der Waals surface area contributed by atoms with Crippen LogP contribution in [-0.2, 0) is 13.1 Å². The topological polar surface area (TPSA) is 37.2 Å². The number of hydrogen-bond acceptors (Lipinski definition) is 4. The molecule has 3 aromatic rings. The Kier molecular flexibility index (Phi) is 4.05. The van der Waals surface area contributed by atoms with Crippen LogP contribution >= 0.6 is 11.6 Å². The predicted molar refractivity (Wildman–Crippen MR) is 108 cm³/mol. The summed E-state index contributed by atoms with van der Waals surface area (Å²) in [7, 11) is 2.08. The highest BCUT2D eigenvalue weighted by atomic mass is 35.5. The van der Waals surface area contributed by atoms with E-state index in [0.29, 0.717) is 5.02 Å². The first-order valence-corrected chi connectivity index (χ1v) is 9.79. The molecule has 2 aliphatic rings. The summed E-state index contributed by atoms with van der Waals surface area (Å²) in [5, 5.41) is 9.34. The molecule has 0 radical (unpaired) electrons. The third-order valence-electron chi connectivity index (χ3n) is 5.34. The van der Waals surface area contributed by atoms with Gasteiger partial charge in [-0.25, -0.2) is 4.68 Å². The van der Waals surface area contributed by atoms with Crippen LogP contribution in [0.1, 0.15) is 18.4 Å². The number of rotatable bonds is 5. The Morgan fingerprint density at radius 3 is 2.59 bits per heavy atom. The molecule has 2 heterocycles. The van der Waals surface area contributed by atoms with Crippen molar-refractivity contribution >= 4 is 22.6 Å². The zero-order valence-corrected chi connectivity index (χ0v) is 16.1. The highest BCUT2D eigenvalue weighted by Crippen LogP contribution is 2.35. The Labute approximate surface area is 163 Å². The van der Waals surface area contributed by atoms with Gasteiger partial charge in [-0.1, -0.05) is 47.1 Å². The minimum atomic E-state index is 0.686.